The van der Waals surface area contributed by atoms with Gasteiger partial charge < -0.3 is 60.4 Å². The van der Waals surface area contributed by atoms with Gasteiger partial charge in [0.1, 0.15) is 51.1 Å². The molecule has 143 heavy (non-hydrogen) atoms. The summed E-state index contributed by atoms with van der Waals surface area (Å²) in [7, 11) is 1.48. The van der Waals surface area contributed by atoms with Crippen LogP contribution in [0.15, 0.2) is 161 Å². The van der Waals surface area contributed by atoms with Crippen molar-refractivity contribution in [2.45, 2.75) is 160 Å². The average molecular weight is 1950 g/mol. The number of pyridine rings is 8. The van der Waals surface area contributed by atoms with Gasteiger partial charge in [0.25, 0.3) is 45.9 Å². The molecule has 20 heterocycles. The van der Waals surface area contributed by atoms with Crippen LogP contribution in [0.2, 0.25) is 0 Å². The van der Waals surface area contributed by atoms with Crippen LogP contribution in [0.3, 0.4) is 0 Å². The van der Waals surface area contributed by atoms with Gasteiger partial charge in [0.05, 0.1) is 114 Å². The van der Waals surface area contributed by atoms with E-state index in [1.165, 1.54) is 109 Å². The summed E-state index contributed by atoms with van der Waals surface area (Å²) >= 11 is 0. The highest BCUT2D eigenvalue weighted by molar-refractivity contribution is 6.05. The quantitative estimate of drug-likeness (QED) is 0.0547. The van der Waals surface area contributed by atoms with Crippen LogP contribution in [0.25, 0.3) is 138 Å². The molecule has 48 nitrogen and oxygen atoms in total. The highest BCUT2D eigenvalue weighted by Crippen LogP contribution is 2.37. The maximum Gasteiger partial charge on any atom is 0.371 e. The topological polar surface area (TPSA) is 648 Å². The Balaban J connectivity index is 0.000000131. The Hall–Kier alpha value is -16.9. The second kappa shape index (κ2) is 39.1. The number of aromatic amines is 4. The number of hydrogen-bond donors (Lipinski definition) is 10. The lowest BCUT2D eigenvalue weighted by Gasteiger charge is -2.36. The van der Waals surface area contributed by atoms with Crippen LogP contribution in [0.5, 0.6) is 6.01 Å². The zero-order chi connectivity index (χ0) is 102. The molecule has 0 aromatic carbocycles. The Labute approximate surface area is 806 Å². The lowest BCUT2D eigenvalue weighted by Crippen LogP contribution is -2.49. The van der Waals surface area contributed by atoms with Gasteiger partial charge in [-0.25, -0.2) is 69.0 Å². The molecule has 0 aliphatic carbocycles. The number of nitrogens with one attached hydrogen (secondary N) is 4. The van der Waals surface area contributed by atoms with Gasteiger partial charge in [-0.15, -0.1) is 6.57 Å². The number of nitrogens with zero attached hydrogens (tertiary/aromatic N) is 25. The van der Waals surface area contributed by atoms with Crippen LogP contribution in [-0.2, 0) is 25.8 Å². The van der Waals surface area contributed by atoms with Crippen molar-refractivity contribution < 1.29 is 49.4 Å². The molecule has 16 aromatic heterocycles. The van der Waals surface area contributed by atoms with E-state index in [0.717, 1.165) is 0 Å². The summed E-state index contributed by atoms with van der Waals surface area (Å²) < 4.78 is 11.2. The molecule has 0 saturated carbocycles. The number of aliphatic hydroxyl groups is 5. The molecule has 0 spiro atoms. The largest absolute Gasteiger partial charge is 0.467 e. The number of aromatic nitrogens is 24. The fraction of sp³-hybridized carbons (Fsp3) is 0.358. The van der Waals surface area contributed by atoms with E-state index in [9.17, 15) is 83.1 Å². The Morgan fingerprint density at radius 2 is 0.594 bits per heavy atom. The Kier molecular flexibility index (Phi) is 26.7. The minimum Gasteiger partial charge on any atom is -0.467 e. The maximum atomic E-state index is 13.1. The Morgan fingerprint density at radius 3 is 0.818 bits per heavy atom. The molecule has 20 rings (SSSR count). The molecule has 11 N–H and O–H groups in total. The third-order valence-electron chi connectivity index (χ3n) is 25.3. The first-order valence-electron chi connectivity index (χ1n) is 45.6. The third kappa shape index (κ3) is 19.8. The lowest BCUT2D eigenvalue weighted by molar-refractivity contribution is -0.149. The molecule has 0 unspecified atom stereocenters. The lowest BCUT2D eigenvalue weighted by atomic mass is 10.0. The number of anilines is 1. The van der Waals surface area contributed by atoms with Crippen LogP contribution < -0.4 is 55.5 Å². The fourth-order valence-electron chi connectivity index (χ4n) is 18.2. The Morgan fingerprint density at radius 1 is 0.364 bits per heavy atom. The summed E-state index contributed by atoms with van der Waals surface area (Å²) in [4.78, 5) is 241. The summed E-state index contributed by atoms with van der Waals surface area (Å²) in [5, 5.41) is 50.5. The molecule has 4 amide bonds. The number of methoxy groups -OCH3 is 1. The molecule has 4 aliphatic heterocycles. The smallest absolute Gasteiger partial charge is 0.371 e. The van der Waals surface area contributed by atoms with Gasteiger partial charge in [0.15, 0.2) is 5.82 Å². The van der Waals surface area contributed by atoms with E-state index >= 15 is 0 Å². The summed E-state index contributed by atoms with van der Waals surface area (Å²) in [6, 6.07) is 13.0. The molecule has 4 fully saturated rings. The SMILES string of the molecule is CC(C)(O)C(=O)N1CCC(n2c(=O)[nH]c(=O)c3cnc4ccc(-c5cnc(CO)nc5)nc4c32)CC1.CC(C)(O)C(=O)N1CCC(n2c(=O)[nH]c(=O)c3cnc4ccc(-c5cnc(N)nc5)nc4c32)CC1.COc1ncc(-c2ccc3ncc4c(=O)[nH]c(=O)n(C5CCN(C(=O)C(C)(C)O)CC5)c4c3n2)cn1.[C-]#[N+]c1ncc(-c2ccc3ncc4c(=O)[nH]c(=O)n(C5CCN(C(=O)C(C)(C)O)CC5)c4c3n2)cn1. The second-order valence-corrected chi connectivity index (χ2v) is 36.9. The summed E-state index contributed by atoms with van der Waals surface area (Å²) in [6.07, 6.45) is 21.8. The number of hydrogen-bond acceptors (Lipinski definition) is 35. The van der Waals surface area contributed by atoms with Gasteiger partial charge in [-0.1, -0.05) is 0 Å². The maximum absolute atomic E-state index is 13.1. The van der Waals surface area contributed by atoms with Crippen LogP contribution in [0.1, 0.15) is 137 Å². The number of likely N-dealkylation sites (tertiary alicyclic amines) is 4. The first-order valence-corrected chi connectivity index (χ1v) is 45.6. The molecule has 16 aromatic rings. The highest BCUT2D eigenvalue weighted by Gasteiger charge is 2.39. The van der Waals surface area contributed by atoms with Gasteiger partial charge >= 0.3 is 34.7 Å². The van der Waals surface area contributed by atoms with E-state index < -0.39 is 67.4 Å². The first-order chi connectivity index (χ1) is 68.1. The predicted octanol–water partition coefficient (Wildman–Crippen LogP) is 3.73. The highest BCUT2D eigenvalue weighted by atomic mass is 16.5. The van der Waals surface area contributed by atoms with Gasteiger partial charge in [-0.3, -0.25) is 96.5 Å². The number of H-pyrrole nitrogens is 4. The van der Waals surface area contributed by atoms with Gasteiger partial charge in [-0.2, -0.15) is 9.97 Å². The minimum atomic E-state index is -1.48. The molecule has 4 aliphatic rings. The van der Waals surface area contributed by atoms with E-state index in [2.05, 4.69) is 84.6 Å². The van der Waals surface area contributed by atoms with Crippen LogP contribution in [0.4, 0.5) is 11.9 Å². The molecule has 0 bridgehead atoms. The molecular formula is C95H96N30O18. The summed E-state index contributed by atoms with van der Waals surface area (Å²) in [6.45, 7) is 21.2. The second-order valence-electron chi connectivity index (χ2n) is 36.9. The van der Waals surface area contributed by atoms with E-state index in [0.29, 0.717) is 215 Å². The number of nitrogen functional groups attached to an aromatic ring is 1. The number of carbonyl (C=O) groups is 4. The van der Waals surface area contributed by atoms with Crippen molar-refractivity contribution in [3.8, 4) is 51.0 Å². The minimum absolute atomic E-state index is 0.0152. The number of piperidine rings is 4. The molecule has 0 radical (unpaired) electrons. The van der Waals surface area contributed by atoms with Crippen molar-refractivity contribution in [2.75, 3.05) is 65.2 Å². The average Bonchev–Trinajstić information content (AvgIpc) is 0.752. The van der Waals surface area contributed by atoms with E-state index in [4.69, 9.17) is 37.0 Å². The molecule has 48 heteroatoms. The van der Waals surface area contributed by atoms with Crippen LogP contribution >= 0.6 is 0 Å². The first kappa shape index (κ1) is 97.7. The number of fused-ring (bicyclic) bond motifs is 12. The van der Waals surface area contributed by atoms with Gasteiger partial charge in [-0.05, 0) is 155 Å². The van der Waals surface area contributed by atoms with Crippen LogP contribution in [-0.4, -0.2) is 269 Å². The normalized spacial score (nSPS) is 15.0. The van der Waals surface area contributed by atoms with E-state index in [1.54, 1.807) is 114 Å². The molecular weight excluding hydrogens is 1850 g/mol. The third-order valence-corrected chi connectivity index (χ3v) is 25.3. The molecule has 734 valence electrons. The zero-order valence-corrected chi connectivity index (χ0v) is 78.7. The standard InChI is InChI=1S/C24H22N8O4.2C24H25N7O5.C23H24N8O4/c1-24(2,36)21(34)31-8-6-14(7-9-31)32-19-15(20(33)30-23(32)35)12-26-17-5-4-16(29-18(17)19)13-10-27-22(25-3)28-11-13;1-24(2,35)21(33)30-8-6-14(7-9-30)31-19-15(20(32)29-23(31)34)12-25-17-5-4-16(28-18(17)19)13-10-26-22(36-3)27-11-13;1-24(2,36)22(34)30-7-5-14(6-8-30)31-20-15(21(33)29-23(31)35)11-25-17-4-3-16(28-19(17)20)13-9-26-18(12-32)27-10-13;1-23(2,35)20(33)30-7-5-13(6-8-30)31-18-14(19(32)29-22(31)34)11-25-16-4-3-15(28-17(16)18)12-9-26-21(24)27-10-12/h4-5,10-12,14,36H,6-9H2,1-2H3,(H,30,33,35);4-5,10-12,14,35H,6-9H2,1-3H3,(H,29,32,34);3-4,9-11,14,32,36H,5-8,12H2,1-2H3,(H,29,33,35);3-4,9-11,13,35H,5-8H2,1-2H3,(H2,24,26,27)(H,29,32,34). The number of amides is 4. The summed E-state index contributed by atoms with van der Waals surface area (Å²) in [5.74, 6) is -1.02. The van der Waals surface area contributed by atoms with Gasteiger partial charge in [0, 0.05) is 155 Å². The zero-order valence-electron chi connectivity index (χ0n) is 78.7. The van der Waals surface area contributed by atoms with Crippen molar-refractivity contribution >= 4 is 123 Å². The van der Waals surface area contributed by atoms with Crippen LogP contribution in [0, 0.1) is 6.57 Å². The number of rotatable bonds is 14. The van der Waals surface area contributed by atoms with Crippen molar-refractivity contribution in [1.82, 2.24) is 138 Å². The molecule has 0 atom stereocenters. The van der Waals surface area contributed by atoms with Gasteiger partial charge in [0.2, 0.25) is 5.95 Å². The van der Waals surface area contributed by atoms with E-state index in [-0.39, 0.29) is 99.7 Å². The van der Waals surface area contributed by atoms with Crippen molar-refractivity contribution in [3.63, 3.8) is 0 Å². The molecule has 4 saturated heterocycles. The van der Waals surface area contributed by atoms with Crippen molar-refractivity contribution in [3.05, 3.63) is 223 Å². The predicted molar refractivity (Wildman–Crippen MR) is 520 cm³/mol. The van der Waals surface area contributed by atoms with E-state index in [1.807, 2.05) is 0 Å². The number of ether oxygens (including phenoxy) is 1. The van der Waals surface area contributed by atoms with Crippen molar-refractivity contribution in [2.24, 2.45) is 0 Å². The number of nitrogens with two attached hydrogens (primary N) is 1. The number of carbonyl (C=O) groups excluding carboxylic acids is 4. The monoisotopic (exact) mass is 1940 g/mol. The Bertz CT molecular complexity index is 8070. The van der Waals surface area contributed by atoms with Crippen molar-refractivity contribution in [1.29, 1.82) is 0 Å². The fourth-order valence-corrected chi connectivity index (χ4v) is 18.2. The summed E-state index contributed by atoms with van der Waals surface area (Å²) in [5.41, 5.74) is 4.88. The number of aliphatic hydroxyl groups excluding tert-OH is 1.